The molecule has 6 rings (SSSR count). The average Bonchev–Trinajstić information content (AvgIpc) is 3.32. The second kappa shape index (κ2) is 10.3. The van der Waals surface area contributed by atoms with Crippen LogP contribution in [0.3, 0.4) is 0 Å². The van der Waals surface area contributed by atoms with Crippen molar-refractivity contribution < 1.29 is 4.79 Å². The number of amides is 1. The SMILES string of the molecule is C[C@H]1CN(c2ccc(Nc3ncc4cc5n(c4n3)C3(CCCCC3)CN(C)C5=O)nc2)CCN1CCC(C)(C)C. The molecule has 1 amide bonds. The van der Waals surface area contributed by atoms with Crippen LogP contribution in [-0.2, 0) is 5.54 Å². The lowest BCUT2D eigenvalue weighted by Crippen LogP contribution is -2.53. The molecule has 1 spiro atoms. The third kappa shape index (κ3) is 5.16. The number of pyridine rings is 1. The minimum absolute atomic E-state index is 0.0605. The molecule has 0 aromatic carbocycles. The molecule has 1 atom stereocenters. The molecule has 3 aromatic heterocycles. The van der Waals surface area contributed by atoms with Crippen LogP contribution >= 0.6 is 0 Å². The molecule has 9 nitrogen and oxygen atoms in total. The minimum Gasteiger partial charge on any atom is -0.367 e. The van der Waals surface area contributed by atoms with E-state index < -0.39 is 0 Å². The van der Waals surface area contributed by atoms with Crippen molar-refractivity contribution in [3.8, 4) is 0 Å². The summed E-state index contributed by atoms with van der Waals surface area (Å²) in [6.07, 6.45) is 10.7. The highest BCUT2D eigenvalue weighted by atomic mass is 16.2. The molecule has 3 aromatic rings. The van der Waals surface area contributed by atoms with Gasteiger partial charge in [0.15, 0.2) is 0 Å². The van der Waals surface area contributed by atoms with Crippen molar-refractivity contribution in [3.05, 3.63) is 36.3 Å². The van der Waals surface area contributed by atoms with E-state index >= 15 is 0 Å². The van der Waals surface area contributed by atoms with Crippen LogP contribution in [0.15, 0.2) is 30.6 Å². The summed E-state index contributed by atoms with van der Waals surface area (Å²) in [5.41, 5.74) is 2.99. The highest BCUT2D eigenvalue weighted by molar-refractivity contribution is 5.99. The van der Waals surface area contributed by atoms with Gasteiger partial charge in [-0.05, 0) is 56.3 Å². The fraction of sp³-hybridized carbons (Fsp3) is 0.613. The van der Waals surface area contributed by atoms with Crippen LogP contribution in [0, 0.1) is 5.41 Å². The molecule has 1 saturated carbocycles. The Hall–Kier alpha value is -3.20. The van der Waals surface area contributed by atoms with Crippen molar-refractivity contribution in [3.63, 3.8) is 0 Å². The number of nitrogens with one attached hydrogen (secondary N) is 1. The standard InChI is InChI=1S/C31H44N8O/c1-22-20-38(16-15-37(22)14-13-30(2,3)4)24-9-10-26(32-19-24)34-29-33-18-23-17-25-28(40)36(5)21-31(11-7-6-8-12-31)39(25)27(23)35-29/h9-10,17-19,22H,6-8,11-16,20-21H2,1-5H3,(H,32,33,34,35)/t22-/m0/s1. The summed E-state index contributed by atoms with van der Waals surface area (Å²) in [4.78, 5) is 34.2. The van der Waals surface area contributed by atoms with Crippen LogP contribution in [0.5, 0.6) is 0 Å². The van der Waals surface area contributed by atoms with E-state index in [0.29, 0.717) is 23.2 Å². The van der Waals surface area contributed by atoms with Gasteiger partial charge in [0.2, 0.25) is 5.95 Å². The molecule has 1 saturated heterocycles. The van der Waals surface area contributed by atoms with Crippen molar-refractivity contribution >= 4 is 34.4 Å². The normalized spacial score (nSPS) is 21.7. The van der Waals surface area contributed by atoms with E-state index in [2.05, 4.69) is 58.4 Å². The quantitative estimate of drug-likeness (QED) is 0.469. The zero-order chi connectivity index (χ0) is 28.1. The largest absolute Gasteiger partial charge is 0.367 e. The van der Waals surface area contributed by atoms with Crippen LogP contribution in [0.1, 0.15) is 76.7 Å². The minimum atomic E-state index is -0.0859. The topological polar surface area (TPSA) is 82.4 Å². The van der Waals surface area contributed by atoms with Crippen LogP contribution < -0.4 is 10.2 Å². The molecule has 9 heteroatoms. The Bertz CT molecular complexity index is 1370. The van der Waals surface area contributed by atoms with Gasteiger partial charge in [0, 0.05) is 50.9 Å². The lowest BCUT2D eigenvalue weighted by atomic mass is 9.79. The maximum absolute atomic E-state index is 13.1. The van der Waals surface area contributed by atoms with Gasteiger partial charge in [-0.15, -0.1) is 0 Å². The first-order valence-corrected chi connectivity index (χ1v) is 15.0. The predicted octanol–water partition coefficient (Wildman–Crippen LogP) is 5.26. The van der Waals surface area contributed by atoms with Gasteiger partial charge < -0.3 is 19.7 Å². The lowest BCUT2D eigenvalue weighted by molar-refractivity contribution is 0.0543. The molecule has 5 heterocycles. The van der Waals surface area contributed by atoms with Gasteiger partial charge in [-0.1, -0.05) is 40.0 Å². The molecule has 3 aliphatic rings. The maximum Gasteiger partial charge on any atom is 0.270 e. The Labute approximate surface area is 238 Å². The van der Waals surface area contributed by atoms with E-state index in [9.17, 15) is 4.79 Å². The van der Waals surface area contributed by atoms with Crippen LogP contribution in [0.25, 0.3) is 11.0 Å². The number of rotatable bonds is 5. The zero-order valence-corrected chi connectivity index (χ0v) is 24.8. The summed E-state index contributed by atoms with van der Waals surface area (Å²) >= 11 is 0. The first-order valence-electron chi connectivity index (χ1n) is 15.0. The van der Waals surface area contributed by atoms with Crippen LogP contribution in [0.2, 0.25) is 0 Å². The molecule has 1 N–H and O–H groups in total. The van der Waals surface area contributed by atoms with Crippen molar-refractivity contribution in [2.24, 2.45) is 5.41 Å². The van der Waals surface area contributed by atoms with Crippen LogP contribution in [-0.4, -0.2) is 81.0 Å². The number of nitrogens with zero attached hydrogens (tertiary/aromatic N) is 7. The number of anilines is 3. The number of piperazine rings is 1. The van der Waals surface area contributed by atoms with Gasteiger partial charge in [0.05, 0.1) is 17.4 Å². The maximum atomic E-state index is 13.1. The Morgan fingerprint density at radius 1 is 1.07 bits per heavy atom. The van der Waals surface area contributed by atoms with Gasteiger partial charge >= 0.3 is 0 Å². The third-order valence-electron chi connectivity index (χ3n) is 9.16. The third-order valence-corrected chi connectivity index (χ3v) is 9.16. The summed E-state index contributed by atoms with van der Waals surface area (Å²) < 4.78 is 2.23. The number of likely N-dealkylation sites (N-methyl/N-ethyl adjacent to an activating group) is 1. The van der Waals surface area contributed by atoms with E-state index in [0.717, 1.165) is 68.0 Å². The smallest absolute Gasteiger partial charge is 0.270 e. The summed E-state index contributed by atoms with van der Waals surface area (Å²) in [7, 11) is 1.92. The summed E-state index contributed by atoms with van der Waals surface area (Å²) in [5, 5.41) is 4.22. The second-order valence-corrected chi connectivity index (χ2v) is 13.5. The highest BCUT2D eigenvalue weighted by Crippen LogP contribution is 2.42. The molecule has 40 heavy (non-hydrogen) atoms. The van der Waals surface area contributed by atoms with E-state index in [4.69, 9.17) is 9.97 Å². The number of aromatic nitrogens is 4. The van der Waals surface area contributed by atoms with E-state index in [-0.39, 0.29) is 11.4 Å². The van der Waals surface area contributed by atoms with Gasteiger partial charge in [0.25, 0.3) is 5.91 Å². The zero-order valence-electron chi connectivity index (χ0n) is 24.8. The molecule has 0 radical (unpaired) electrons. The Morgan fingerprint density at radius 3 is 2.58 bits per heavy atom. The number of carbonyl (C=O) groups excluding carboxylic acids is 1. The fourth-order valence-electron chi connectivity index (χ4n) is 6.86. The number of hydrogen-bond donors (Lipinski definition) is 1. The summed E-state index contributed by atoms with van der Waals surface area (Å²) in [5.74, 6) is 1.28. The summed E-state index contributed by atoms with van der Waals surface area (Å²) in [6, 6.07) is 6.62. The van der Waals surface area contributed by atoms with E-state index in [1.807, 2.05) is 36.5 Å². The molecular formula is C31H44N8O. The molecule has 214 valence electrons. The lowest BCUT2D eigenvalue weighted by Gasteiger charge is -2.45. The van der Waals surface area contributed by atoms with E-state index in [1.54, 1.807) is 0 Å². The number of hydrogen-bond acceptors (Lipinski definition) is 7. The molecule has 0 bridgehead atoms. The average molecular weight is 545 g/mol. The predicted molar refractivity (Wildman–Crippen MR) is 160 cm³/mol. The van der Waals surface area contributed by atoms with Gasteiger partial charge in [-0.3, -0.25) is 9.69 Å². The van der Waals surface area contributed by atoms with Crippen molar-refractivity contribution in [2.75, 3.05) is 50.0 Å². The Balaban J connectivity index is 1.18. The van der Waals surface area contributed by atoms with Crippen molar-refractivity contribution in [1.82, 2.24) is 29.3 Å². The van der Waals surface area contributed by atoms with E-state index in [1.165, 1.54) is 25.7 Å². The van der Waals surface area contributed by atoms with Crippen molar-refractivity contribution in [2.45, 2.75) is 77.8 Å². The molecular weight excluding hydrogens is 500 g/mol. The van der Waals surface area contributed by atoms with Crippen LogP contribution in [0.4, 0.5) is 17.5 Å². The van der Waals surface area contributed by atoms with Gasteiger partial charge in [0.1, 0.15) is 17.2 Å². The molecule has 2 aliphatic heterocycles. The first kappa shape index (κ1) is 27.0. The highest BCUT2D eigenvalue weighted by Gasteiger charge is 2.43. The molecule has 2 fully saturated rings. The second-order valence-electron chi connectivity index (χ2n) is 13.5. The Kier molecular flexibility index (Phi) is 6.97. The summed E-state index contributed by atoms with van der Waals surface area (Å²) in [6.45, 7) is 14.3. The molecule has 1 aliphatic carbocycles. The number of fused-ring (bicyclic) bond motifs is 4. The monoisotopic (exact) mass is 544 g/mol. The van der Waals surface area contributed by atoms with Gasteiger partial charge in [-0.2, -0.15) is 4.98 Å². The van der Waals surface area contributed by atoms with Gasteiger partial charge in [-0.25, -0.2) is 9.97 Å². The molecule has 0 unspecified atom stereocenters. The Morgan fingerprint density at radius 2 is 1.88 bits per heavy atom. The van der Waals surface area contributed by atoms with Crippen molar-refractivity contribution in [1.29, 1.82) is 0 Å². The number of carbonyl (C=O) groups is 1. The first-order chi connectivity index (χ1) is 19.1. The fourth-order valence-corrected chi connectivity index (χ4v) is 6.86.